The Balaban J connectivity index is 1.51. The zero-order chi connectivity index (χ0) is 24.8. The smallest absolute Gasteiger partial charge is 0.343 e. The van der Waals surface area contributed by atoms with E-state index in [-0.39, 0.29) is 5.63 Å². The molecular formula is C27H28N6O2S. The van der Waals surface area contributed by atoms with Crippen molar-refractivity contribution in [2.45, 2.75) is 45.7 Å². The lowest BCUT2D eigenvalue weighted by molar-refractivity contribution is 0.222. The SMILES string of the molecule is Cc1nn(C(C)c2oc(=O)c3ccccc3c2-c2ccc(CN3CCCCC3)s2)c2ncnc(N)c12. The highest BCUT2D eigenvalue weighted by molar-refractivity contribution is 7.15. The van der Waals surface area contributed by atoms with Crippen molar-refractivity contribution in [1.29, 1.82) is 0 Å². The van der Waals surface area contributed by atoms with E-state index in [0.29, 0.717) is 28.0 Å². The van der Waals surface area contributed by atoms with E-state index in [1.54, 1.807) is 16.0 Å². The fourth-order valence-electron chi connectivity index (χ4n) is 5.25. The van der Waals surface area contributed by atoms with Crippen molar-refractivity contribution in [1.82, 2.24) is 24.6 Å². The van der Waals surface area contributed by atoms with Crippen molar-refractivity contribution < 1.29 is 4.42 Å². The molecule has 0 spiro atoms. The third kappa shape index (κ3) is 3.88. The van der Waals surface area contributed by atoms with E-state index in [2.05, 4.69) is 27.0 Å². The molecule has 5 heterocycles. The van der Waals surface area contributed by atoms with Gasteiger partial charge in [-0.15, -0.1) is 11.3 Å². The molecule has 36 heavy (non-hydrogen) atoms. The second kappa shape index (κ2) is 9.15. The molecule has 1 saturated heterocycles. The van der Waals surface area contributed by atoms with Gasteiger partial charge in [-0.25, -0.2) is 19.4 Å². The monoisotopic (exact) mass is 500 g/mol. The Morgan fingerprint density at radius 2 is 1.86 bits per heavy atom. The number of aryl methyl sites for hydroxylation is 1. The van der Waals surface area contributed by atoms with E-state index in [1.807, 2.05) is 38.1 Å². The van der Waals surface area contributed by atoms with Crippen LogP contribution in [0, 0.1) is 6.92 Å². The van der Waals surface area contributed by atoms with Gasteiger partial charge in [0.1, 0.15) is 23.9 Å². The summed E-state index contributed by atoms with van der Waals surface area (Å²) in [4.78, 5) is 26.5. The maximum Gasteiger partial charge on any atom is 0.343 e. The van der Waals surface area contributed by atoms with Crippen molar-refractivity contribution in [3.63, 3.8) is 0 Å². The molecule has 0 amide bonds. The van der Waals surface area contributed by atoms with Gasteiger partial charge in [-0.1, -0.05) is 24.6 Å². The summed E-state index contributed by atoms with van der Waals surface area (Å²) >= 11 is 1.76. The van der Waals surface area contributed by atoms with E-state index in [9.17, 15) is 4.79 Å². The second-order valence-corrected chi connectivity index (χ2v) is 10.6. The molecule has 1 aromatic carbocycles. The molecule has 0 saturated carbocycles. The molecule has 1 atom stereocenters. The van der Waals surface area contributed by atoms with E-state index in [4.69, 9.17) is 15.2 Å². The van der Waals surface area contributed by atoms with Crippen molar-refractivity contribution in [2.24, 2.45) is 0 Å². The molecule has 1 fully saturated rings. The fraction of sp³-hybridized carbons (Fsp3) is 0.333. The standard InChI is InChI=1S/C27H28N6O2S/c1-16-22-25(28)29-15-30-26(22)33(31-16)17(2)24-23(19-8-4-5-9-20(19)27(34)35-24)21-11-10-18(36-21)14-32-12-6-3-7-13-32/h4-5,8-11,15,17H,3,6-7,12-14H2,1-2H3,(H2,28,29,30). The topological polar surface area (TPSA) is 103 Å². The van der Waals surface area contributed by atoms with Gasteiger partial charge in [0, 0.05) is 27.2 Å². The number of hydrogen-bond acceptors (Lipinski definition) is 8. The summed E-state index contributed by atoms with van der Waals surface area (Å²) in [6.07, 6.45) is 5.28. The first-order valence-electron chi connectivity index (χ1n) is 12.3. The van der Waals surface area contributed by atoms with Crippen molar-refractivity contribution in [3.8, 4) is 10.4 Å². The van der Waals surface area contributed by atoms with Gasteiger partial charge in [0.15, 0.2) is 5.65 Å². The van der Waals surface area contributed by atoms with E-state index in [0.717, 1.165) is 41.2 Å². The highest BCUT2D eigenvalue weighted by Gasteiger charge is 2.26. The number of nitrogens with zero attached hydrogens (tertiary/aromatic N) is 5. The minimum atomic E-state index is -0.393. The summed E-state index contributed by atoms with van der Waals surface area (Å²) < 4.78 is 7.82. The molecule has 1 aliphatic heterocycles. The molecule has 0 bridgehead atoms. The fourth-order valence-corrected chi connectivity index (χ4v) is 6.37. The Hall–Kier alpha value is -3.56. The average Bonchev–Trinajstić information content (AvgIpc) is 3.49. The Morgan fingerprint density at radius 3 is 2.67 bits per heavy atom. The van der Waals surface area contributed by atoms with Crippen molar-refractivity contribution in [3.05, 3.63) is 69.5 Å². The van der Waals surface area contributed by atoms with Gasteiger partial charge in [0.25, 0.3) is 0 Å². The maximum absolute atomic E-state index is 13.1. The van der Waals surface area contributed by atoms with Gasteiger partial charge in [-0.3, -0.25) is 4.90 Å². The summed E-state index contributed by atoms with van der Waals surface area (Å²) in [6.45, 7) is 7.10. The molecule has 1 aliphatic rings. The van der Waals surface area contributed by atoms with Crippen LogP contribution in [0.1, 0.15) is 48.6 Å². The first-order chi connectivity index (χ1) is 17.5. The number of rotatable bonds is 5. The van der Waals surface area contributed by atoms with Crippen LogP contribution in [0.25, 0.3) is 32.2 Å². The maximum atomic E-state index is 13.1. The number of thiophene rings is 1. The third-order valence-electron chi connectivity index (χ3n) is 7.04. The van der Waals surface area contributed by atoms with E-state index in [1.165, 1.54) is 30.5 Å². The van der Waals surface area contributed by atoms with Crippen LogP contribution in [0.3, 0.4) is 0 Å². The molecule has 0 radical (unpaired) electrons. The summed E-state index contributed by atoms with van der Waals surface area (Å²) in [5.74, 6) is 0.948. The van der Waals surface area contributed by atoms with Gasteiger partial charge < -0.3 is 10.2 Å². The van der Waals surface area contributed by atoms with Crippen LogP contribution >= 0.6 is 11.3 Å². The van der Waals surface area contributed by atoms with Gasteiger partial charge in [-0.2, -0.15) is 5.10 Å². The quantitative estimate of drug-likeness (QED) is 0.356. The second-order valence-electron chi connectivity index (χ2n) is 9.44. The van der Waals surface area contributed by atoms with Crippen molar-refractivity contribution >= 4 is 39.0 Å². The number of aromatic nitrogens is 4. The van der Waals surface area contributed by atoms with Crippen molar-refractivity contribution in [2.75, 3.05) is 18.8 Å². The van der Waals surface area contributed by atoms with Gasteiger partial charge in [0.2, 0.25) is 0 Å². The van der Waals surface area contributed by atoms with Gasteiger partial charge in [-0.05, 0) is 58.0 Å². The lowest BCUT2D eigenvalue weighted by Crippen LogP contribution is -2.28. The normalized spacial score (nSPS) is 15.6. The number of benzene rings is 1. The summed E-state index contributed by atoms with van der Waals surface area (Å²) in [6, 6.07) is 11.6. The molecular weight excluding hydrogens is 472 g/mol. The molecule has 4 aromatic heterocycles. The number of anilines is 1. The number of likely N-dealkylation sites (tertiary alicyclic amines) is 1. The minimum absolute atomic E-state index is 0.358. The Bertz CT molecular complexity index is 1630. The van der Waals surface area contributed by atoms with E-state index < -0.39 is 6.04 Å². The predicted molar refractivity (Wildman–Crippen MR) is 143 cm³/mol. The largest absolute Gasteiger partial charge is 0.424 e. The van der Waals surface area contributed by atoms with Crippen LogP contribution in [0.15, 0.2) is 51.9 Å². The summed E-state index contributed by atoms with van der Waals surface area (Å²) in [5.41, 5.74) is 8.05. The molecule has 8 nitrogen and oxygen atoms in total. The van der Waals surface area contributed by atoms with Crippen LogP contribution in [0.5, 0.6) is 0 Å². The van der Waals surface area contributed by atoms with Crippen LogP contribution in [-0.4, -0.2) is 37.7 Å². The number of nitrogen functional groups attached to an aromatic ring is 1. The molecule has 1 unspecified atom stereocenters. The highest BCUT2D eigenvalue weighted by atomic mass is 32.1. The Morgan fingerprint density at radius 1 is 1.08 bits per heavy atom. The average molecular weight is 501 g/mol. The first-order valence-corrected chi connectivity index (χ1v) is 13.2. The molecule has 6 rings (SSSR count). The lowest BCUT2D eigenvalue weighted by atomic mass is 10.0. The third-order valence-corrected chi connectivity index (χ3v) is 8.13. The number of piperidine rings is 1. The first kappa shape index (κ1) is 22.9. The Kier molecular flexibility index (Phi) is 5.81. The molecule has 9 heteroatoms. The predicted octanol–water partition coefficient (Wildman–Crippen LogP) is 5.15. The number of fused-ring (bicyclic) bond motifs is 2. The van der Waals surface area contributed by atoms with Crippen LogP contribution < -0.4 is 11.4 Å². The summed E-state index contributed by atoms with van der Waals surface area (Å²) in [7, 11) is 0. The molecule has 5 aromatic rings. The van der Waals surface area contributed by atoms with Gasteiger partial charge >= 0.3 is 5.63 Å². The highest BCUT2D eigenvalue weighted by Crippen LogP contribution is 2.40. The Labute approximate surface area is 212 Å². The lowest BCUT2D eigenvalue weighted by Gasteiger charge is -2.25. The minimum Gasteiger partial charge on any atom is -0.424 e. The zero-order valence-electron chi connectivity index (χ0n) is 20.4. The zero-order valence-corrected chi connectivity index (χ0v) is 21.2. The van der Waals surface area contributed by atoms with Crippen LogP contribution in [-0.2, 0) is 6.54 Å². The van der Waals surface area contributed by atoms with E-state index >= 15 is 0 Å². The molecule has 184 valence electrons. The molecule has 2 N–H and O–H groups in total. The summed E-state index contributed by atoms with van der Waals surface area (Å²) in [5, 5.41) is 6.89. The van der Waals surface area contributed by atoms with Crippen LogP contribution in [0.4, 0.5) is 5.82 Å². The van der Waals surface area contributed by atoms with Crippen LogP contribution in [0.2, 0.25) is 0 Å². The number of hydrogen-bond donors (Lipinski definition) is 1. The van der Waals surface area contributed by atoms with Gasteiger partial charge in [0.05, 0.1) is 16.5 Å². The molecule has 0 aliphatic carbocycles. The number of nitrogens with two attached hydrogens (primary N) is 1.